The second-order valence-electron chi connectivity index (χ2n) is 3.86. The summed E-state index contributed by atoms with van der Waals surface area (Å²) in [6, 6.07) is -0.729. The molecule has 1 rings (SSSR count). The largest absolute Gasteiger partial charge is 0.466 e. The van der Waals surface area contributed by atoms with E-state index in [1.165, 1.54) is 13.2 Å². The molecule has 0 aromatic heterocycles. The number of azide groups is 1. The fourth-order valence-corrected chi connectivity index (χ4v) is 1.94. The highest BCUT2D eigenvalue weighted by atomic mass is 16.5. The second-order valence-corrected chi connectivity index (χ2v) is 3.86. The van der Waals surface area contributed by atoms with Crippen LogP contribution in [0.2, 0.25) is 0 Å². The molecule has 1 N–H and O–H groups in total. The smallest absolute Gasteiger partial charge is 0.333 e. The minimum absolute atomic E-state index is 0.179. The summed E-state index contributed by atoms with van der Waals surface area (Å²) in [5.74, 6) is -0.633. The Balaban J connectivity index is 2.99. The highest BCUT2D eigenvalue weighted by molar-refractivity contribution is 5.88. The Hall–Kier alpha value is -1.78. The van der Waals surface area contributed by atoms with Crippen LogP contribution < -0.4 is 0 Å². The van der Waals surface area contributed by atoms with Gasteiger partial charge in [0.15, 0.2) is 0 Å². The maximum atomic E-state index is 11.4. The number of carbonyl (C=O) groups excluding carboxylic acids is 1. The lowest BCUT2D eigenvalue weighted by atomic mass is 9.82. The molecule has 0 aromatic rings. The molecule has 6 heteroatoms. The third-order valence-corrected chi connectivity index (χ3v) is 2.79. The van der Waals surface area contributed by atoms with Crippen LogP contribution >= 0.6 is 0 Å². The highest BCUT2D eigenvalue weighted by Crippen LogP contribution is 2.30. The first kappa shape index (κ1) is 13.3. The molecule has 0 bridgehead atoms. The molecule has 17 heavy (non-hydrogen) atoms. The molecule has 0 unspecified atom stereocenters. The van der Waals surface area contributed by atoms with Crippen molar-refractivity contribution in [1.29, 1.82) is 0 Å². The average Bonchev–Trinajstić information content (AvgIpc) is 2.33. The van der Waals surface area contributed by atoms with Crippen molar-refractivity contribution in [2.45, 2.75) is 25.0 Å². The van der Waals surface area contributed by atoms with Crippen molar-refractivity contribution >= 4 is 5.97 Å². The Labute approximate surface area is 99.2 Å². The van der Waals surface area contributed by atoms with Gasteiger partial charge in [-0.2, -0.15) is 0 Å². The van der Waals surface area contributed by atoms with Gasteiger partial charge in [-0.25, -0.2) is 4.79 Å². The number of ether oxygens (including phenoxy) is 1. The molecule has 0 aromatic carbocycles. The van der Waals surface area contributed by atoms with Crippen LogP contribution in [0, 0.1) is 5.92 Å². The van der Waals surface area contributed by atoms with Crippen LogP contribution in [0.5, 0.6) is 0 Å². The third-order valence-electron chi connectivity index (χ3n) is 2.79. The van der Waals surface area contributed by atoms with Gasteiger partial charge in [-0.1, -0.05) is 17.3 Å². The Kier molecular flexibility index (Phi) is 4.75. The highest BCUT2D eigenvalue weighted by Gasteiger charge is 2.32. The molecule has 3 atom stereocenters. The van der Waals surface area contributed by atoms with Gasteiger partial charge in [0.2, 0.25) is 0 Å². The molecule has 0 fully saturated rings. The number of aliphatic hydroxyl groups excluding tert-OH is 1. The van der Waals surface area contributed by atoms with Crippen molar-refractivity contribution in [3.8, 4) is 0 Å². The number of esters is 1. The van der Waals surface area contributed by atoms with E-state index < -0.39 is 18.1 Å². The number of rotatable bonds is 4. The fraction of sp³-hybridized carbons (Fsp3) is 0.545. The van der Waals surface area contributed by atoms with Gasteiger partial charge in [-0.05, 0) is 24.3 Å². The molecule has 1 aliphatic rings. The number of hydrogen-bond donors (Lipinski definition) is 1. The Morgan fingerprint density at radius 1 is 1.88 bits per heavy atom. The Bertz CT molecular complexity index is 385. The van der Waals surface area contributed by atoms with Crippen LogP contribution in [-0.4, -0.2) is 30.3 Å². The summed E-state index contributed by atoms with van der Waals surface area (Å²) in [7, 11) is 1.29. The predicted molar refractivity (Wildman–Crippen MR) is 62.0 cm³/mol. The number of hydrogen-bond acceptors (Lipinski definition) is 4. The van der Waals surface area contributed by atoms with Gasteiger partial charge in [0, 0.05) is 10.5 Å². The lowest BCUT2D eigenvalue weighted by molar-refractivity contribution is -0.136. The van der Waals surface area contributed by atoms with E-state index >= 15 is 0 Å². The molecule has 0 aliphatic heterocycles. The first-order chi connectivity index (χ1) is 8.13. The van der Waals surface area contributed by atoms with Crippen LogP contribution in [0.1, 0.15) is 12.8 Å². The van der Waals surface area contributed by atoms with Crippen molar-refractivity contribution in [3.05, 3.63) is 34.7 Å². The summed E-state index contributed by atoms with van der Waals surface area (Å²) in [6.45, 7) is 3.60. The molecule has 92 valence electrons. The zero-order valence-corrected chi connectivity index (χ0v) is 9.61. The zero-order chi connectivity index (χ0) is 12.8. The molecular formula is C11H15N3O3. The maximum absolute atomic E-state index is 11.4. The minimum atomic E-state index is -0.794. The summed E-state index contributed by atoms with van der Waals surface area (Å²) in [6.07, 6.45) is 3.29. The maximum Gasteiger partial charge on any atom is 0.333 e. The van der Waals surface area contributed by atoms with Crippen LogP contribution in [0.4, 0.5) is 0 Å². The standard InChI is InChI=1S/C11H15N3O3/c1-3-4-7-5-8(11(16)17-2)6-9(10(7)15)13-14-12/h3,6-7,9-10,15H,1,4-5H2,2H3/t7-,9-,10-/m0/s1. The third kappa shape index (κ3) is 3.09. The van der Waals surface area contributed by atoms with Gasteiger partial charge in [0.1, 0.15) is 0 Å². The predicted octanol–water partition coefficient (Wildman–Crippen LogP) is 1.72. The lowest BCUT2D eigenvalue weighted by Gasteiger charge is -2.30. The molecule has 0 amide bonds. The van der Waals surface area contributed by atoms with E-state index in [4.69, 9.17) is 5.53 Å². The minimum Gasteiger partial charge on any atom is -0.466 e. The van der Waals surface area contributed by atoms with Crippen molar-refractivity contribution in [2.75, 3.05) is 7.11 Å². The van der Waals surface area contributed by atoms with Gasteiger partial charge >= 0.3 is 5.97 Å². The summed E-state index contributed by atoms with van der Waals surface area (Å²) >= 11 is 0. The SMILES string of the molecule is C=CC[C@H]1CC(C(=O)OC)=C[C@H](N=[N+]=[N-])[C@H]1O. The lowest BCUT2D eigenvalue weighted by Crippen LogP contribution is -2.36. The number of methoxy groups -OCH3 is 1. The van der Waals surface area contributed by atoms with E-state index in [1.807, 2.05) is 0 Å². The van der Waals surface area contributed by atoms with E-state index in [1.54, 1.807) is 6.08 Å². The summed E-state index contributed by atoms with van der Waals surface area (Å²) in [5.41, 5.74) is 8.85. The number of nitrogens with zero attached hydrogens (tertiary/aromatic N) is 3. The molecule has 0 radical (unpaired) electrons. The van der Waals surface area contributed by atoms with Gasteiger partial charge < -0.3 is 9.84 Å². The van der Waals surface area contributed by atoms with E-state index in [-0.39, 0.29) is 5.92 Å². The molecular weight excluding hydrogens is 222 g/mol. The first-order valence-electron chi connectivity index (χ1n) is 5.26. The monoisotopic (exact) mass is 237 g/mol. The van der Waals surface area contributed by atoms with E-state index in [0.717, 1.165) is 0 Å². The van der Waals surface area contributed by atoms with Crippen LogP contribution in [0.15, 0.2) is 29.4 Å². The molecule has 0 saturated carbocycles. The normalized spacial score (nSPS) is 27.6. The quantitative estimate of drug-likeness (QED) is 0.265. The van der Waals surface area contributed by atoms with Crippen LogP contribution in [-0.2, 0) is 9.53 Å². The van der Waals surface area contributed by atoms with Crippen molar-refractivity contribution < 1.29 is 14.6 Å². The van der Waals surface area contributed by atoms with E-state index in [9.17, 15) is 9.90 Å². The molecule has 0 spiro atoms. The topological polar surface area (TPSA) is 95.3 Å². The van der Waals surface area contributed by atoms with Gasteiger partial charge in [-0.3, -0.25) is 0 Å². The van der Waals surface area contributed by atoms with E-state index in [2.05, 4.69) is 21.3 Å². The second kappa shape index (κ2) is 6.08. The molecule has 0 saturated heterocycles. The molecule has 1 aliphatic carbocycles. The van der Waals surface area contributed by atoms with Gasteiger partial charge in [-0.15, -0.1) is 6.58 Å². The summed E-state index contributed by atoms with van der Waals surface area (Å²) < 4.78 is 4.63. The number of allylic oxidation sites excluding steroid dienone is 1. The first-order valence-corrected chi connectivity index (χ1v) is 5.26. The van der Waals surface area contributed by atoms with Gasteiger partial charge in [0.25, 0.3) is 0 Å². The van der Waals surface area contributed by atoms with Crippen LogP contribution in [0.25, 0.3) is 10.4 Å². The molecule has 6 nitrogen and oxygen atoms in total. The summed E-state index contributed by atoms with van der Waals surface area (Å²) in [4.78, 5) is 14.1. The molecule has 0 heterocycles. The van der Waals surface area contributed by atoms with Crippen molar-refractivity contribution in [2.24, 2.45) is 11.0 Å². The Morgan fingerprint density at radius 2 is 2.59 bits per heavy atom. The Morgan fingerprint density at radius 3 is 3.12 bits per heavy atom. The average molecular weight is 237 g/mol. The zero-order valence-electron chi connectivity index (χ0n) is 9.61. The fourth-order valence-electron chi connectivity index (χ4n) is 1.94. The van der Waals surface area contributed by atoms with Crippen molar-refractivity contribution in [1.82, 2.24) is 0 Å². The van der Waals surface area contributed by atoms with Crippen molar-refractivity contribution in [3.63, 3.8) is 0 Å². The van der Waals surface area contributed by atoms with Gasteiger partial charge in [0.05, 0.1) is 19.3 Å². The number of carbonyl (C=O) groups is 1. The van der Waals surface area contributed by atoms with Crippen LogP contribution in [0.3, 0.4) is 0 Å². The summed E-state index contributed by atoms with van der Waals surface area (Å²) in [5, 5.41) is 13.4. The number of aliphatic hydroxyl groups is 1. The van der Waals surface area contributed by atoms with E-state index in [0.29, 0.717) is 18.4 Å².